The largest absolute Gasteiger partial charge is 0.446 e. The molecule has 0 saturated heterocycles. The van der Waals surface area contributed by atoms with Crippen molar-refractivity contribution in [1.29, 1.82) is 0 Å². The first-order valence-electron chi connectivity index (χ1n) is 8.89. The molecule has 0 rings (SSSR count). The van der Waals surface area contributed by atoms with Gasteiger partial charge in [0.15, 0.2) is 0 Å². The fourth-order valence-electron chi connectivity index (χ4n) is 2.69. The zero-order valence-electron chi connectivity index (χ0n) is 15.2. The van der Waals surface area contributed by atoms with Crippen LogP contribution in [0.15, 0.2) is 0 Å². The highest BCUT2D eigenvalue weighted by Crippen LogP contribution is 2.17. The quantitative estimate of drug-likeness (QED) is 0.472. The lowest BCUT2D eigenvalue weighted by Crippen LogP contribution is -2.38. The van der Waals surface area contributed by atoms with Gasteiger partial charge in [-0.2, -0.15) is 0 Å². The van der Waals surface area contributed by atoms with E-state index in [1.165, 1.54) is 32.1 Å². The number of unbranched alkanes of at least 4 members (excludes halogenated alkanes) is 5. The van der Waals surface area contributed by atoms with Crippen LogP contribution in [0.2, 0.25) is 0 Å². The van der Waals surface area contributed by atoms with Gasteiger partial charge in [0.05, 0.1) is 0 Å². The van der Waals surface area contributed by atoms with Crippen molar-refractivity contribution in [3.05, 3.63) is 0 Å². The van der Waals surface area contributed by atoms with Gasteiger partial charge >= 0.3 is 6.09 Å². The Morgan fingerprint density at radius 1 is 0.905 bits per heavy atom. The molecule has 0 atom stereocenters. The maximum atomic E-state index is 12.3. The van der Waals surface area contributed by atoms with Crippen molar-refractivity contribution in [2.75, 3.05) is 13.1 Å². The summed E-state index contributed by atoms with van der Waals surface area (Å²) in [5.74, 6) is 0.725. The summed E-state index contributed by atoms with van der Waals surface area (Å²) in [7, 11) is 0. The number of carbonyl (C=O) groups is 1. The fraction of sp³-hybridized carbons (Fsp3) is 0.944. The number of rotatable bonds is 11. The summed E-state index contributed by atoms with van der Waals surface area (Å²) in [6, 6.07) is 0. The molecule has 126 valence electrons. The molecule has 0 heterocycles. The van der Waals surface area contributed by atoms with E-state index >= 15 is 0 Å². The molecule has 0 bridgehead atoms. The molecule has 0 saturated carbocycles. The van der Waals surface area contributed by atoms with Crippen LogP contribution < -0.4 is 0 Å². The Morgan fingerprint density at radius 2 is 1.43 bits per heavy atom. The molecule has 3 nitrogen and oxygen atoms in total. The molecule has 0 aliphatic rings. The lowest BCUT2D eigenvalue weighted by Gasteiger charge is -2.29. The zero-order valence-corrected chi connectivity index (χ0v) is 15.2. The molecule has 0 aromatic heterocycles. The molecule has 1 amide bonds. The zero-order chi connectivity index (χ0) is 16.3. The summed E-state index contributed by atoms with van der Waals surface area (Å²) < 4.78 is 5.71. The van der Waals surface area contributed by atoms with Gasteiger partial charge < -0.3 is 9.64 Å². The van der Waals surface area contributed by atoms with Crippen molar-refractivity contribution in [2.45, 2.75) is 86.2 Å². The molecular formula is C18H37NO2. The summed E-state index contributed by atoms with van der Waals surface area (Å²) >= 11 is 0. The smallest absolute Gasteiger partial charge is 0.410 e. The number of nitrogens with zero attached hydrogens (tertiary/aromatic N) is 1. The number of carbonyl (C=O) groups excluding carboxylic acids is 1. The standard InChI is InChI=1S/C18H37NO2/c1-7-9-10-11-12-13-14-19(8-2)18(20)21-17(15(3)4)16(5)6/h15-17H,7-14H2,1-6H3. The van der Waals surface area contributed by atoms with E-state index in [1.54, 1.807) is 0 Å². The highest BCUT2D eigenvalue weighted by molar-refractivity contribution is 5.67. The second kappa shape index (κ2) is 11.9. The lowest BCUT2D eigenvalue weighted by molar-refractivity contribution is 0.0191. The van der Waals surface area contributed by atoms with Crippen LogP contribution in [-0.4, -0.2) is 30.2 Å². The van der Waals surface area contributed by atoms with E-state index in [1.807, 2.05) is 11.8 Å². The third-order valence-electron chi connectivity index (χ3n) is 3.97. The van der Waals surface area contributed by atoms with Crippen LogP contribution in [0.4, 0.5) is 4.79 Å². The molecule has 0 aromatic rings. The van der Waals surface area contributed by atoms with Gasteiger partial charge in [-0.05, 0) is 25.2 Å². The molecule has 21 heavy (non-hydrogen) atoms. The first-order chi connectivity index (χ1) is 9.93. The van der Waals surface area contributed by atoms with Gasteiger partial charge in [0.2, 0.25) is 0 Å². The maximum Gasteiger partial charge on any atom is 0.410 e. The summed E-state index contributed by atoms with van der Waals surface area (Å²) in [5, 5.41) is 0. The van der Waals surface area contributed by atoms with Crippen LogP contribution in [-0.2, 0) is 4.74 Å². The van der Waals surface area contributed by atoms with E-state index in [-0.39, 0.29) is 12.2 Å². The van der Waals surface area contributed by atoms with Crippen LogP contribution >= 0.6 is 0 Å². The van der Waals surface area contributed by atoms with Gasteiger partial charge in [-0.3, -0.25) is 0 Å². The fourth-order valence-corrected chi connectivity index (χ4v) is 2.69. The Hall–Kier alpha value is -0.730. The molecule has 0 unspecified atom stereocenters. The minimum absolute atomic E-state index is 0.0103. The predicted octanol–water partition coefficient (Wildman–Crippen LogP) is 5.49. The first-order valence-corrected chi connectivity index (χ1v) is 8.89. The van der Waals surface area contributed by atoms with Gasteiger partial charge in [-0.25, -0.2) is 4.79 Å². The Labute approximate surface area is 132 Å². The van der Waals surface area contributed by atoms with E-state index in [4.69, 9.17) is 4.74 Å². The van der Waals surface area contributed by atoms with Crippen LogP contribution in [0.1, 0.15) is 80.1 Å². The molecule has 0 radical (unpaired) electrons. The molecule has 0 aromatic carbocycles. The second-order valence-corrected chi connectivity index (χ2v) is 6.68. The van der Waals surface area contributed by atoms with Gasteiger partial charge in [0.1, 0.15) is 6.10 Å². The highest BCUT2D eigenvalue weighted by atomic mass is 16.6. The highest BCUT2D eigenvalue weighted by Gasteiger charge is 2.24. The van der Waals surface area contributed by atoms with Crippen LogP contribution in [0.5, 0.6) is 0 Å². The van der Waals surface area contributed by atoms with Crippen molar-refractivity contribution in [3.8, 4) is 0 Å². The van der Waals surface area contributed by atoms with E-state index in [0.717, 1.165) is 19.5 Å². The van der Waals surface area contributed by atoms with E-state index in [0.29, 0.717) is 11.8 Å². The first kappa shape index (κ1) is 20.3. The minimum atomic E-state index is -0.140. The molecular weight excluding hydrogens is 262 g/mol. The summed E-state index contributed by atoms with van der Waals surface area (Å²) in [6.07, 6.45) is 7.36. The molecule has 0 aliphatic heterocycles. The number of hydrogen-bond donors (Lipinski definition) is 0. The van der Waals surface area contributed by atoms with Crippen molar-refractivity contribution in [1.82, 2.24) is 4.90 Å². The average Bonchev–Trinajstić information content (AvgIpc) is 2.43. The van der Waals surface area contributed by atoms with E-state index in [9.17, 15) is 4.79 Å². The topological polar surface area (TPSA) is 29.5 Å². The van der Waals surface area contributed by atoms with Gasteiger partial charge in [0.25, 0.3) is 0 Å². The van der Waals surface area contributed by atoms with Crippen molar-refractivity contribution in [3.63, 3.8) is 0 Å². The molecule has 0 fully saturated rings. The SMILES string of the molecule is CCCCCCCCN(CC)C(=O)OC(C(C)C)C(C)C. The van der Waals surface area contributed by atoms with E-state index in [2.05, 4.69) is 34.6 Å². The Morgan fingerprint density at radius 3 is 1.90 bits per heavy atom. The monoisotopic (exact) mass is 299 g/mol. The van der Waals surface area contributed by atoms with Crippen LogP contribution in [0.3, 0.4) is 0 Å². The lowest BCUT2D eigenvalue weighted by atomic mass is 9.96. The summed E-state index contributed by atoms with van der Waals surface area (Å²) in [4.78, 5) is 14.1. The normalized spacial score (nSPS) is 11.5. The van der Waals surface area contributed by atoms with Crippen LogP contribution in [0, 0.1) is 11.8 Å². The third kappa shape index (κ3) is 9.00. The molecule has 0 aliphatic carbocycles. The van der Waals surface area contributed by atoms with Crippen LogP contribution in [0.25, 0.3) is 0 Å². The van der Waals surface area contributed by atoms with Gasteiger partial charge in [-0.1, -0.05) is 66.7 Å². The average molecular weight is 299 g/mol. The Kier molecular flexibility index (Phi) is 11.5. The molecule has 0 N–H and O–H groups in total. The predicted molar refractivity (Wildman–Crippen MR) is 90.6 cm³/mol. The summed E-state index contributed by atoms with van der Waals surface area (Å²) in [5.41, 5.74) is 0. The van der Waals surface area contributed by atoms with Crippen molar-refractivity contribution in [2.24, 2.45) is 11.8 Å². The number of ether oxygens (including phenoxy) is 1. The Balaban J connectivity index is 4.11. The third-order valence-corrected chi connectivity index (χ3v) is 3.97. The van der Waals surface area contributed by atoms with Crippen molar-refractivity contribution < 1.29 is 9.53 Å². The molecule has 0 spiro atoms. The van der Waals surface area contributed by atoms with Gasteiger partial charge in [0, 0.05) is 13.1 Å². The molecule has 3 heteroatoms. The Bertz CT molecular complexity index is 256. The summed E-state index contributed by atoms with van der Waals surface area (Å²) in [6.45, 7) is 14.3. The number of hydrogen-bond acceptors (Lipinski definition) is 2. The minimum Gasteiger partial charge on any atom is -0.446 e. The maximum absolute atomic E-state index is 12.3. The second-order valence-electron chi connectivity index (χ2n) is 6.68. The van der Waals surface area contributed by atoms with Gasteiger partial charge in [-0.15, -0.1) is 0 Å². The van der Waals surface area contributed by atoms with E-state index < -0.39 is 0 Å². The van der Waals surface area contributed by atoms with Crippen molar-refractivity contribution >= 4 is 6.09 Å². The number of amides is 1.